The Bertz CT molecular complexity index is 482. The van der Waals surface area contributed by atoms with Crippen molar-refractivity contribution in [3.8, 4) is 0 Å². The highest BCUT2D eigenvalue weighted by Gasteiger charge is 2.43. The van der Waals surface area contributed by atoms with Crippen LogP contribution in [0, 0.1) is 5.41 Å². The first kappa shape index (κ1) is 14.7. The first-order chi connectivity index (χ1) is 9.50. The molecule has 2 fully saturated rings. The Kier molecular flexibility index (Phi) is 4.05. The Labute approximate surface area is 131 Å². The van der Waals surface area contributed by atoms with E-state index >= 15 is 0 Å². The van der Waals surface area contributed by atoms with Gasteiger partial charge in [0.2, 0.25) is 0 Å². The minimum absolute atomic E-state index is 0.552. The maximum Gasteiger partial charge on any atom is 0.0688 e. The molecule has 0 aromatic heterocycles. The second-order valence-electron chi connectivity index (χ2n) is 6.84. The van der Waals surface area contributed by atoms with Crippen molar-refractivity contribution in [2.75, 3.05) is 0 Å². The molecule has 1 spiro atoms. The summed E-state index contributed by atoms with van der Waals surface area (Å²) in [5.74, 6) is 0. The molecule has 0 heterocycles. The smallest absolute Gasteiger partial charge is 0.0688 e. The molecular weight excluding hydrogens is 291 g/mol. The first-order valence-electron chi connectivity index (χ1n) is 7.67. The summed E-state index contributed by atoms with van der Waals surface area (Å²) in [7, 11) is 0. The van der Waals surface area contributed by atoms with Crippen LogP contribution in [0.15, 0.2) is 18.2 Å². The van der Waals surface area contributed by atoms with E-state index in [9.17, 15) is 5.11 Å². The van der Waals surface area contributed by atoms with E-state index in [1.54, 1.807) is 6.07 Å². The van der Waals surface area contributed by atoms with Crippen molar-refractivity contribution in [1.82, 2.24) is 0 Å². The average Bonchev–Trinajstić information content (AvgIpc) is 2.87. The summed E-state index contributed by atoms with van der Waals surface area (Å²) in [4.78, 5) is 0. The van der Waals surface area contributed by atoms with E-state index in [0.717, 1.165) is 18.4 Å². The molecule has 0 atom stereocenters. The van der Waals surface area contributed by atoms with E-state index in [1.165, 1.54) is 38.5 Å². The zero-order chi connectivity index (χ0) is 14.2. The summed E-state index contributed by atoms with van der Waals surface area (Å²) in [5.41, 5.74) is 0.988. The van der Waals surface area contributed by atoms with Crippen LogP contribution in [0.1, 0.15) is 56.9 Å². The van der Waals surface area contributed by atoms with Gasteiger partial charge in [0.25, 0.3) is 0 Å². The molecule has 1 aromatic rings. The van der Waals surface area contributed by atoms with E-state index in [-0.39, 0.29) is 0 Å². The topological polar surface area (TPSA) is 20.2 Å². The van der Waals surface area contributed by atoms with Gasteiger partial charge in [-0.25, -0.2) is 0 Å². The number of hydrogen-bond acceptors (Lipinski definition) is 1. The molecule has 0 unspecified atom stereocenters. The molecule has 0 bridgehead atoms. The molecule has 2 aliphatic carbocycles. The van der Waals surface area contributed by atoms with Crippen molar-refractivity contribution >= 4 is 23.2 Å². The molecule has 2 saturated carbocycles. The van der Waals surface area contributed by atoms with Crippen LogP contribution in [0.2, 0.25) is 10.0 Å². The molecule has 20 heavy (non-hydrogen) atoms. The van der Waals surface area contributed by atoms with Gasteiger partial charge in [-0.1, -0.05) is 42.1 Å². The minimum atomic E-state index is -0.578. The lowest BCUT2D eigenvalue weighted by atomic mass is 9.66. The Morgan fingerprint density at radius 1 is 0.950 bits per heavy atom. The predicted molar refractivity (Wildman–Crippen MR) is 84.5 cm³/mol. The van der Waals surface area contributed by atoms with Crippen molar-refractivity contribution in [3.63, 3.8) is 0 Å². The Morgan fingerprint density at radius 2 is 1.60 bits per heavy atom. The third kappa shape index (κ3) is 3.00. The molecule has 110 valence electrons. The number of hydrogen-bond donors (Lipinski definition) is 1. The quantitative estimate of drug-likeness (QED) is 0.775. The molecular formula is C17H22Cl2O. The third-order valence-corrected chi connectivity index (χ3v) is 6.03. The first-order valence-corrected chi connectivity index (χ1v) is 8.42. The van der Waals surface area contributed by atoms with Gasteiger partial charge in [0.1, 0.15) is 0 Å². The maximum atomic E-state index is 10.9. The molecule has 3 heteroatoms. The summed E-state index contributed by atoms with van der Waals surface area (Å²) >= 11 is 12.2. The van der Waals surface area contributed by atoms with E-state index in [0.29, 0.717) is 21.9 Å². The summed E-state index contributed by atoms with van der Waals surface area (Å²) in [6.45, 7) is 0. The number of rotatable bonds is 2. The summed E-state index contributed by atoms with van der Waals surface area (Å²) < 4.78 is 0. The van der Waals surface area contributed by atoms with Crippen LogP contribution >= 0.6 is 23.2 Å². The third-order valence-electron chi connectivity index (χ3n) is 5.44. The van der Waals surface area contributed by atoms with Gasteiger partial charge >= 0.3 is 0 Å². The number of halogens is 2. The summed E-state index contributed by atoms with van der Waals surface area (Å²) in [6.07, 6.45) is 10.3. The highest BCUT2D eigenvalue weighted by molar-refractivity contribution is 6.35. The number of benzene rings is 1. The molecule has 0 amide bonds. The van der Waals surface area contributed by atoms with Gasteiger partial charge in [-0.2, -0.15) is 0 Å². The van der Waals surface area contributed by atoms with Crippen LogP contribution in [-0.4, -0.2) is 10.7 Å². The SMILES string of the molecule is OC1(Cc2ccc(Cl)cc2Cl)CCC2(CCCC2)CC1. The van der Waals surface area contributed by atoms with E-state index in [2.05, 4.69) is 0 Å². The van der Waals surface area contributed by atoms with Crippen molar-refractivity contribution in [2.45, 2.75) is 63.4 Å². The van der Waals surface area contributed by atoms with Gasteiger partial charge in [0.15, 0.2) is 0 Å². The number of aliphatic hydroxyl groups is 1. The fourth-order valence-corrected chi connectivity index (χ4v) is 4.54. The largest absolute Gasteiger partial charge is 0.390 e. The van der Waals surface area contributed by atoms with Gasteiger partial charge in [0.05, 0.1) is 5.60 Å². The Hall–Kier alpha value is -0.240. The zero-order valence-corrected chi connectivity index (χ0v) is 13.3. The second-order valence-corrected chi connectivity index (χ2v) is 7.69. The fourth-order valence-electron chi connectivity index (χ4n) is 4.07. The molecule has 0 saturated heterocycles. The molecule has 3 rings (SSSR count). The van der Waals surface area contributed by atoms with Crippen molar-refractivity contribution in [1.29, 1.82) is 0 Å². The molecule has 1 nitrogen and oxygen atoms in total. The van der Waals surface area contributed by atoms with Gasteiger partial charge in [-0.15, -0.1) is 0 Å². The van der Waals surface area contributed by atoms with Gasteiger partial charge in [0, 0.05) is 16.5 Å². The monoisotopic (exact) mass is 312 g/mol. The highest BCUT2D eigenvalue weighted by atomic mass is 35.5. The second kappa shape index (κ2) is 5.51. The molecule has 1 aromatic carbocycles. The van der Waals surface area contributed by atoms with E-state index in [4.69, 9.17) is 23.2 Å². The predicted octanol–water partition coefficient (Wildman–Crippen LogP) is 5.40. The van der Waals surface area contributed by atoms with Crippen LogP contribution < -0.4 is 0 Å². The maximum absolute atomic E-state index is 10.9. The van der Waals surface area contributed by atoms with E-state index in [1.807, 2.05) is 12.1 Å². The normalized spacial score (nSPS) is 24.1. The zero-order valence-electron chi connectivity index (χ0n) is 11.8. The van der Waals surface area contributed by atoms with Crippen LogP contribution in [0.25, 0.3) is 0 Å². The molecule has 0 aliphatic heterocycles. The van der Waals surface area contributed by atoms with Crippen LogP contribution in [0.3, 0.4) is 0 Å². The molecule has 0 radical (unpaired) electrons. The van der Waals surface area contributed by atoms with Gasteiger partial charge < -0.3 is 5.11 Å². The van der Waals surface area contributed by atoms with Crippen molar-refractivity contribution < 1.29 is 5.11 Å². The summed E-state index contributed by atoms with van der Waals surface area (Å²) in [5, 5.41) is 12.2. The lowest BCUT2D eigenvalue weighted by molar-refractivity contribution is -0.0322. The van der Waals surface area contributed by atoms with Crippen molar-refractivity contribution in [2.24, 2.45) is 5.41 Å². The lowest BCUT2D eigenvalue weighted by Gasteiger charge is -2.42. The fraction of sp³-hybridized carbons (Fsp3) is 0.647. The van der Waals surface area contributed by atoms with Crippen LogP contribution in [0.4, 0.5) is 0 Å². The molecule has 2 aliphatic rings. The van der Waals surface area contributed by atoms with Gasteiger partial charge in [-0.3, -0.25) is 0 Å². The summed E-state index contributed by atoms with van der Waals surface area (Å²) in [6, 6.07) is 5.57. The Balaban J connectivity index is 1.68. The minimum Gasteiger partial charge on any atom is -0.390 e. The average molecular weight is 313 g/mol. The van der Waals surface area contributed by atoms with Gasteiger partial charge in [-0.05, 0) is 61.6 Å². The standard InChI is InChI=1S/C17H22Cl2O/c18-14-4-3-13(15(19)11-14)12-17(20)9-7-16(8-10-17)5-1-2-6-16/h3-4,11,20H,1-2,5-10,12H2. The Morgan fingerprint density at radius 3 is 2.20 bits per heavy atom. The van der Waals surface area contributed by atoms with E-state index < -0.39 is 5.60 Å². The van der Waals surface area contributed by atoms with Crippen molar-refractivity contribution in [3.05, 3.63) is 33.8 Å². The lowest BCUT2D eigenvalue weighted by Crippen LogP contribution is -2.39. The highest BCUT2D eigenvalue weighted by Crippen LogP contribution is 2.51. The van der Waals surface area contributed by atoms with Crippen LogP contribution in [-0.2, 0) is 6.42 Å². The molecule has 1 N–H and O–H groups in total. The van der Waals surface area contributed by atoms with Crippen LogP contribution in [0.5, 0.6) is 0 Å².